The molecule has 0 aromatic rings. The summed E-state index contributed by atoms with van der Waals surface area (Å²) < 4.78 is 221. The Kier molecular flexibility index (Phi) is 130. The van der Waals surface area contributed by atoms with E-state index in [9.17, 15) is 0 Å². The van der Waals surface area contributed by atoms with Gasteiger partial charge in [0.2, 0.25) is 0 Å². The van der Waals surface area contributed by atoms with Crippen LogP contribution in [-0.4, -0.2) is 540 Å². The molecule has 0 saturated heterocycles. The molecule has 0 spiro atoms. The lowest BCUT2D eigenvalue weighted by molar-refractivity contribution is -0.0328. The highest BCUT2D eigenvalue weighted by atomic mass is 16.6. The number of ether oxygens (including phenoxy) is 40. The van der Waals surface area contributed by atoms with Crippen molar-refractivity contribution in [2.45, 2.75) is 77.6 Å². The SMILES string of the molecule is CCCCCCCCCCCCCOCCOCCOCCOCCOCCOCCOCCOCCOCCOCCOCCOCCOCCOCCOCCOCCOCCOCCOCCOCCOCCOCCOCCOCCOCCOCCOCCOCCOCCOCCOCCOCCOCCOCCOCCOCCOCCOCCOCCOCCO. The van der Waals surface area contributed by atoms with Crippen LogP contribution in [0.25, 0.3) is 0 Å². The summed E-state index contributed by atoms with van der Waals surface area (Å²) in [6.45, 7) is 41.5. The van der Waals surface area contributed by atoms with Gasteiger partial charge in [-0.15, -0.1) is 0 Å². The second kappa shape index (κ2) is 131. The molecule has 806 valence electrons. The molecule has 1 N–H and O–H groups in total. The molecule has 0 aromatic heterocycles. The van der Waals surface area contributed by atoms with Crippen LogP contribution in [-0.2, 0) is 189 Å². The lowest BCUT2D eigenvalue weighted by Crippen LogP contribution is -2.16. The number of rotatable bonds is 131. The summed E-state index contributed by atoms with van der Waals surface area (Å²) in [6.07, 6.45) is 14.8. The molecule has 0 aliphatic carbocycles. The third-order valence-corrected chi connectivity index (χ3v) is 17.6. The minimum Gasteiger partial charge on any atom is -0.394 e. The van der Waals surface area contributed by atoms with Crippen molar-refractivity contribution in [2.24, 2.45) is 0 Å². The van der Waals surface area contributed by atoms with Gasteiger partial charge < -0.3 is 195 Å². The molecule has 0 rings (SSSR count). The van der Waals surface area contributed by atoms with Crippen LogP contribution in [0, 0.1) is 0 Å². The number of aliphatic hydroxyl groups is 1. The van der Waals surface area contributed by atoms with Crippen molar-refractivity contribution in [3.63, 3.8) is 0 Å². The van der Waals surface area contributed by atoms with Crippen LogP contribution in [0.15, 0.2) is 0 Å². The van der Waals surface area contributed by atoms with E-state index in [1.54, 1.807) is 0 Å². The van der Waals surface area contributed by atoms with Gasteiger partial charge in [-0.3, -0.25) is 0 Å². The van der Waals surface area contributed by atoms with E-state index in [1.165, 1.54) is 64.2 Å². The van der Waals surface area contributed by atoms with Crippen LogP contribution in [0.3, 0.4) is 0 Å². The first-order valence-electron chi connectivity index (χ1n) is 49.6. The topological polar surface area (TPSA) is 389 Å². The molecule has 0 aliphatic rings. The summed E-state index contributed by atoms with van der Waals surface area (Å²) >= 11 is 0. The van der Waals surface area contributed by atoms with Crippen molar-refractivity contribution in [1.82, 2.24) is 0 Å². The monoisotopic (exact) mass is 1960 g/mol. The summed E-state index contributed by atoms with van der Waals surface area (Å²) in [4.78, 5) is 0. The van der Waals surface area contributed by atoms with Crippen molar-refractivity contribution < 1.29 is 195 Å². The van der Waals surface area contributed by atoms with Crippen molar-refractivity contribution in [2.75, 3.05) is 535 Å². The van der Waals surface area contributed by atoms with E-state index in [4.69, 9.17) is 195 Å². The van der Waals surface area contributed by atoms with E-state index in [2.05, 4.69) is 6.92 Å². The van der Waals surface area contributed by atoms with Crippen LogP contribution < -0.4 is 0 Å². The largest absolute Gasteiger partial charge is 0.394 e. The maximum atomic E-state index is 8.63. The van der Waals surface area contributed by atoms with Crippen molar-refractivity contribution in [3.8, 4) is 0 Å². The number of unbranched alkanes of at least 4 members (excludes halogenated alkanes) is 10. The van der Waals surface area contributed by atoms with Gasteiger partial charge in [-0.05, 0) is 6.42 Å². The molecule has 0 bridgehead atoms. The molecule has 0 atom stereocenters. The Balaban J connectivity index is 3.10. The molecule has 0 unspecified atom stereocenters. The average molecular weight is 1960 g/mol. The number of aliphatic hydroxyl groups excluding tert-OH is 1. The molecule has 0 fully saturated rings. The van der Waals surface area contributed by atoms with Crippen LogP contribution >= 0.6 is 0 Å². The quantitative estimate of drug-likeness (QED) is 0.0787. The highest BCUT2D eigenvalue weighted by Crippen LogP contribution is 2.12. The van der Waals surface area contributed by atoms with E-state index in [-0.39, 0.29) is 6.61 Å². The van der Waals surface area contributed by atoms with Gasteiger partial charge in [-0.2, -0.15) is 0 Å². The predicted octanol–water partition coefficient (Wildman–Crippen LogP) is 4.95. The van der Waals surface area contributed by atoms with Crippen LogP contribution in [0.4, 0.5) is 0 Å². The normalized spacial score (nSPS) is 11.9. The highest BCUT2D eigenvalue weighted by Gasteiger charge is 2.06. The molecule has 0 amide bonds. The standard InChI is InChI=1S/C93H188O41/c1-2-3-4-5-6-7-8-9-10-11-12-14-95-16-18-97-20-22-99-24-26-101-28-30-103-32-34-105-36-38-107-40-42-109-44-46-111-48-50-113-52-54-115-56-58-117-60-62-119-64-66-121-68-70-123-72-74-125-76-78-127-80-82-129-84-86-131-88-90-133-92-93-134-91-89-132-87-85-130-83-81-128-79-77-126-75-73-124-71-69-122-67-65-120-63-61-118-59-57-116-55-53-114-51-49-112-47-45-110-43-41-108-39-37-106-35-33-104-31-29-102-27-25-100-23-21-98-19-17-96-15-13-94/h94H,2-93H2,1H3. The maximum absolute atomic E-state index is 8.63. The molecule has 0 aromatic carbocycles. The van der Waals surface area contributed by atoms with Crippen LogP contribution in [0.2, 0.25) is 0 Å². The molecule has 0 aliphatic heterocycles. The summed E-state index contributed by atoms with van der Waals surface area (Å²) in [5.74, 6) is 0. The molecule has 41 heteroatoms. The van der Waals surface area contributed by atoms with Gasteiger partial charge in [-0.25, -0.2) is 0 Å². The van der Waals surface area contributed by atoms with Crippen LogP contribution in [0.1, 0.15) is 77.6 Å². The van der Waals surface area contributed by atoms with E-state index in [0.717, 1.165) is 13.0 Å². The van der Waals surface area contributed by atoms with E-state index < -0.39 is 0 Å². The minimum absolute atomic E-state index is 0.0149. The zero-order valence-corrected chi connectivity index (χ0v) is 82.8. The predicted molar refractivity (Wildman–Crippen MR) is 496 cm³/mol. The molecular weight excluding hydrogens is 1770 g/mol. The first-order chi connectivity index (χ1) is 66.9. The highest BCUT2D eigenvalue weighted by molar-refractivity contribution is 4.51. The van der Waals surface area contributed by atoms with Crippen molar-refractivity contribution >= 4 is 0 Å². The van der Waals surface area contributed by atoms with E-state index >= 15 is 0 Å². The van der Waals surface area contributed by atoms with Gasteiger partial charge in [0.05, 0.1) is 529 Å². The third-order valence-electron chi connectivity index (χ3n) is 17.6. The van der Waals surface area contributed by atoms with Gasteiger partial charge in [0, 0.05) is 6.61 Å². The zero-order valence-electron chi connectivity index (χ0n) is 82.8. The molecule has 0 saturated carbocycles. The fourth-order valence-corrected chi connectivity index (χ4v) is 10.6. The Morgan fingerprint density at radius 3 is 0.231 bits per heavy atom. The minimum atomic E-state index is 0.0149. The second-order valence-corrected chi connectivity index (χ2v) is 28.8. The number of hydrogen-bond donors (Lipinski definition) is 1. The van der Waals surface area contributed by atoms with Gasteiger partial charge in [0.1, 0.15) is 0 Å². The van der Waals surface area contributed by atoms with E-state index in [1.807, 2.05) is 0 Å². The Bertz CT molecular complexity index is 1710. The summed E-state index contributed by atoms with van der Waals surface area (Å²) in [5.41, 5.74) is 0. The second-order valence-electron chi connectivity index (χ2n) is 28.8. The fraction of sp³-hybridized carbons (Fsp3) is 1.00. The molecule has 0 radical (unpaired) electrons. The summed E-state index contributed by atoms with van der Waals surface area (Å²) in [6, 6.07) is 0. The Hall–Kier alpha value is -1.64. The Morgan fingerprint density at radius 1 is 0.0821 bits per heavy atom. The Morgan fingerprint density at radius 2 is 0.149 bits per heavy atom. The van der Waals surface area contributed by atoms with Gasteiger partial charge >= 0.3 is 0 Å². The first-order valence-corrected chi connectivity index (χ1v) is 49.6. The van der Waals surface area contributed by atoms with Crippen LogP contribution in [0.5, 0.6) is 0 Å². The third kappa shape index (κ3) is 130. The molecule has 0 heterocycles. The molecule has 134 heavy (non-hydrogen) atoms. The van der Waals surface area contributed by atoms with Crippen molar-refractivity contribution in [3.05, 3.63) is 0 Å². The number of hydrogen-bond acceptors (Lipinski definition) is 41. The summed E-state index contributed by atoms with van der Waals surface area (Å²) in [5, 5.41) is 8.63. The molecular formula is C93H188O41. The first kappa shape index (κ1) is 132. The smallest absolute Gasteiger partial charge is 0.0701 e. The van der Waals surface area contributed by atoms with E-state index in [0.29, 0.717) is 522 Å². The Labute approximate surface area is 804 Å². The van der Waals surface area contributed by atoms with Gasteiger partial charge in [-0.1, -0.05) is 71.1 Å². The van der Waals surface area contributed by atoms with Crippen molar-refractivity contribution in [1.29, 1.82) is 0 Å². The lowest BCUT2D eigenvalue weighted by Gasteiger charge is -2.09. The van der Waals surface area contributed by atoms with Gasteiger partial charge in [0.25, 0.3) is 0 Å². The maximum Gasteiger partial charge on any atom is 0.0701 e. The zero-order chi connectivity index (χ0) is 95.3. The fourth-order valence-electron chi connectivity index (χ4n) is 10.6. The average Bonchev–Trinajstić information content (AvgIpc) is 1.13. The van der Waals surface area contributed by atoms with Gasteiger partial charge in [0.15, 0.2) is 0 Å². The summed E-state index contributed by atoms with van der Waals surface area (Å²) in [7, 11) is 0. The molecule has 41 nitrogen and oxygen atoms in total. The lowest BCUT2D eigenvalue weighted by atomic mass is 10.1.